The number of carbonyl (C=O) groups is 2. The summed E-state index contributed by atoms with van der Waals surface area (Å²) in [6, 6.07) is 5.13. The van der Waals surface area contributed by atoms with Crippen LogP contribution in [-0.4, -0.2) is 33.3 Å². The van der Waals surface area contributed by atoms with Crippen molar-refractivity contribution in [3.05, 3.63) is 41.2 Å². The van der Waals surface area contributed by atoms with E-state index in [4.69, 9.17) is 11.6 Å². The molecule has 0 spiro atoms. The van der Waals surface area contributed by atoms with Crippen LogP contribution in [0.25, 0.3) is 5.69 Å². The summed E-state index contributed by atoms with van der Waals surface area (Å²) in [5.41, 5.74) is 1.83. The first-order chi connectivity index (χ1) is 11.4. The van der Waals surface area contributed by atoms with Crippen LogP contribution < -0.4 is 10.6 Å². The molecule has 0 saturated carbocycles. The molecule has 2 N–H and O–H groups in total. The van der Waals surface area contributed by atoms with Crippen molar-refractivity contribution in [2.24, 2.45) is 0 Å². The third-order valence-electron chi connectivity index (χ3n) is 3.33. The predicted molar refractivity (Wildman–Crippen MR) is 95.8 cm³/mol. The first-order valence-corrected chi connectivity index (χ1v) is 8.74. The van der Waals surface area contributed by atoms with Gasteiger partial charge in [-0.1, -0.05) is 29.4 Å². The lowest BCUT2D eigenvalue weighted by molar-refractivity contribution is -0.119. The Kier molecular flexibility index (Phi) is 6.28. The summed E-state index contributed by atoms with van der Waals surface area (Å²) in [5.74, 6) is -0.372. The summed E-state index contributed by atoms with van der Waals surface area (Å²) < 4.78 is 1.88. The van der Waals surface area contributed by atoms with Crippen LogP contribution in [0, 0.1) is 6.92 Å². The van der Waals surface area contributed by atoms with Gasteiger partial charge in [-0.05, 0) is 38.5 Å². The van der Waals surface area contributed by atoms with E-state index in [0.29, 0.717) is 16.7 Å². The molecule has 0 radical (unpaired) electrons. The molecular weight excluding hydrogens is 348 g/mol. The second-order valence-corrected chi connectivity index (χ2v) is 6.79. The lowest BCUT2D eigenvalue weighted by atomic mass is 10.2. The molecule has 0 bridgehead atoms. The lowest BCUT2D eigenvalue weighted by Crippen LogP contribution is -2.42. The van der Waals surface area contributed by atoms with Crippen LogP contribution >= 0.6 is 23.4 Å². The molecule has 128 valence electrons. The van der Waals surface area contributed by atoms with E-state index in [2.05, 4.69) is 15.6 Å². The molecule has 0 aliphatic heterocycles. The summed E-state index contributed by atoms with van der Waals surface area (Å²) in [6.07, 6.45) is 3.48. The molecular formula is C16H19ClN4O2S. The van der Waals surface area contributed by atoms with Gasteiger partial charge in [0.15, 0.2) is 5.16 Å². The second kappa shape index (κ2) is 8.21. The van der Waals surface area contributed by atoms with E-state index in [1.165, 1.54) is 11.8 Å². The van der Waals surface area contributed by atoms with Crippen LogP contribution in [0.1, 0.15) is 19.4 Å². The zero-order valence-corrected chi connectivity index (χ0v) is 15.2. The largest absolute Gasteiger partial charge is 0.338 e. The quantitative estimate of drug-likeness (QED) is 0.797. The number of imide groups is 1. The molecule has 1 atom stereocenters. The Morgan fingerprint density at radius 1 is 1.42 bits per heavy atom. The molecule has 3 amide bonds. The Hall–Kier alpha value is -1.99. The molecule has 1 aromatic carbocycles. The Bertz CT molecular complexity index is 747. The van der Waals surface area contributed by atoms with Gasteiger partial charge < -0.3 is 5.32 Å². The van der Waals surface area contributed by atoms with E-state index < -0.39 is 11.3 Å². The van der Waals surface area contributed by atoms with Gasteiger partial charge in [-0.25, -0.2) is 9.78 Å². The number of thioether (sulfide) groups is 1. The van der Waals surface area contributed by atoms with Gasteiger partial charge in [-0.2, -0.15) is 0 Å². The number of halogens is 1. The molecule has 6 nitrogen and oxygen atoms in total. The average Bonchev–Trinajstić information content (AvgIpc) is 2.98. The molecule has 2 rings (SSSR count). The highest BCUT2D eigenvalue weighted by atomic mass is 35.5. The number of imidazole rings is 1. The first-order valence-electron chi connectivity index (χ1n) is 7.48. The van der Waals surface area contributed by atoms with Gasteiger partial charge in [0, 0.05) is 24.0 Å². The molecule has 0 fully saturated rings. The zero-order chi connectivity index (χ0) is 17.7. The van der Waals surface area contributed by atoms with Crippen molar-refractivity contribution in [1.29, 1.82) is 0 Å². The topological polar surface area (TPSA) is 76.0 Å². The number of hydrogen-bond donors (Lipinski definition) is 2. The smallest absolute Gasteiger partial charge is 0.321 e. The number of carbonyl (C=O) groups excluding carboxylic acids is 2. The minimum absolute atomic E-state index is 0.372. The number of hydrogen-bond acceptors (Lipinski definition) is 4. The minimum Gasteiger partial charge on any atom is -0.338 e. The van der Waals surface area contributed by atoms with Crippen LogP contribution in [-0.2, 0) is 4.79 Å². The Morgan fingerprint density at radius 2 is 2.17 bits per heavy atom. The third-order valence-corrected chi connectivity index (χ3v) is 4.82. The molecule has 2 aromatic rings. The SMILES string of the molecule is CCNC(=O)NC(=O)C(C)Sc1nccn1-c1cccc(Cl)c1C. The fourth-order valence-corrected chi connectivity index (χ4v) is 3.09. The van der Waals surface area contributed by atoms with Crippen LogP contribution in [0.2, 0.25) is 5.02 Å². The van der Waals surface area contributed by atoms with Gasteiger partial charge in [-0.3, -0.25) is 14.7 Å². The second-order valence-electron chi connectivity index (χ2n) is 5.07. The van der Waals surface area contributed by atoms with Crippen LogP contribution in [0.4, 0.5) is 4.79 Å². The minimum atomic E-state index is -0.496. The van der Waals surface area contributed by atoms with E-state index in [1.807, 2.05) is 35.9 Å². The summed E-state index contributed by atoms with van der Waals surface area (Å²) in [4.78, 5) is 27.8. The number of amides is 3. The van der Waals surface area contributed by atoms with Crippen molar-refractivity contribution < 1.29 is 9.59 Å². The van der Waals surface area contributed by atoms with Gasteiger partial charge in [-0.15, -0.1) is 0 Å². The average molecular weight is 367 g/mol. The van der Waals surface area contributed by atoms with E-state index >= 15 is 0 Å². The lowest BCUT2D eigenvalue weighted by Gasteiger charge is -2.14. The Labute approximate surface area is 150 Å². The van der Waals surface area contributed by atoms with Crippen LogP contribution in [0.5, 0.6) is 0 Å². The highest BCUT2D eigenvalue weighted by Gasteiger charge is 2.20. The highest BCUT2D eigenvalue weighted by molar-refractivity contribution is 8.00. The predicted octanol–water partition coefficient (Wildman–Crippen LogP) is 3.16. The Morgan fingerprint density at radius 3 is 2.88 bits per heavy atom. The maximum atomic E-state index is 12.1. The van der Waals surface area contributed by atoms with Gasteiger partial charge in [0.1, 0.15) is 0 Å². The van der Waals surface area contributed by atoms with Crippen molar-refractivity contribution >= 4 is 35.3 Å². The summed E-state index contributed by atoms with van der Waals surface area (Å²) in [5, 5.41) is 5.67. The van der Waals surface area contributed by atoms with Crippen molar-refractivity contribution in [3.63, 3.8) is 0 Å². The van der Waals surface area contributed by atoms with E-state index in [0.717, 1.165) is 11.3 Å². The number of rotatable bonds is 5. The molecule has 1 unspecified atom stereocenters. The molecule has 1 heterocycles. The highest BCUT2D eigenvalue weighted by Crippen LogP contribution is 2.28. The van der Waals surface area contributed by atoms with Gasteiger partial charge in [0.2, 0.25) is 5.91 Å². The standard InChI is InChI=1S/C16H19ClN4O2S/c1-4-18-15(23)20-14(22)11(3)24-16-19-8-9-21(16)13-7-5-6-12(17)10(13)2/h5-9,11H,4H2,1-3H3,(H2,18,20,22,23). The fraction of sp³-hybridized carbons (Fsp3) is 0.312. The number of nitrogens with one attached hydrogen (secondary N) is 2. The fourth-order valence-electron chi connectivity index (χ4n) is 2.05. The van der Waals surface area contributed by atoms with Crippen LogP contribution in [0.3, 0.4) is 0 Å². The molecule has 1 aromatic heterocycles. The zero-order valence-electron chi connectivity index (χ0n) is 13.7. The summed E-state index contributed by atoms with van der Waals surface area (Å²) >= 11 is 7.45. The molecule has 24 heavy (non-hydrogen) atoms. The van der Waals surface area contributed by atoms with Gasteiger partial charge in [0.25, 0.3) is 0 Å². The van der Waals surface area contributed by atoms with E-state index in [1.54, 1.807) is 20.0 Å². The summed E-state index contributed by atoms with van der Waals surface area (Å²) in [6.45, 7) is 5.89. The Balaban J connectivity index is 2.15. The summed E-state index contributed by atoms with van der Waals surface area (Å²) in [7, 11) is 0. The monoisotopic (exact) mass is 366 g/mol. The van der Waals surface area contributed by atoms with E-state index in [-0.39, 0.29) is 5.91 Å². The van der Waals surface area contributed by atoms with Crippen molar-refractivity contribution in [2.45, 2.75) is 31.2 Å². The molecule has 0 aliphatic carbocycles. The van der Waals surface area contributed by atoms with Crippen molar-refractivity contribution in [2.75, 3.05) is 6.54 Å². The van der Waals surface area contributed by atoms with Crippen LogP contribution in [0.15, 0.2) is 35.7 Å². The molecule has 8 heteroatoms. The normalized spacial score (nSPS) is 11.8. The maximum Gasteiger partial charge on any atom is 0.321 e. The third kappa shape index (κ3) is 4.30. The molecule has 0 aliphatic rings. The number of urea groups is 1. The number of benzene rings is 1. The van der Waals surface area contributed by atoms with Crippen molar-refractivity contribution in [1.82, 2.24) is 20.2 Å². The van der Waals surface area contributed by atoms with Gasteiger partial charge >= 0.3 is 6.03 Å². The van der Waals surface area contributed by atoms with Crippen molar-refractivity contribution in [3.8, 4) is 5.69 Å². The molecule has 0 saturated heterocycles. The maximum absolute atomic E-state index is 12.1. The van der Waals surface area contributed by atoms with Gasteiger partial charge in [0.05, 0.1) is 10.9 Å². The number of nitrogens with zero attached hydrogens (tertiary/aromatic N) is 2. The first kappa shape index (κ1) is 18.4. The number of aromatic nitrogens is 2. The van der Waals surface area contributed by atoms with E-state index in [9.17, 15) is 9.59 Å².